The Morgan fingerprint density at radius 3 is 2.24 bits per heavy atom. The number of nitrogens with one attached hydrogen (secondary N) is 2. The molecule has 0 aliphatic rings. The highest BCUT2D eigenvalue weighted by atomic mass is 32.3. The zero-order valence-electron chi connectivity index (χ0n) is 18.1. The van der Waals surface area contributed by atoms with Gasteiger partial charge in [-0.1, -0.05) is 13.8 Å². The van der Waals surface area contributed by atoms with Crippen LogP contribution in [0.3, 0.4) is 0 Å². The highest BCUT2D eigenvalue weighted by Gasteiger charge is 2.38. The molecule has 0 aliphatic heterocycles. The molecule has 0 saturated carbocycles. The first-order valence-electron chi connectivity index (χ1n) is 10.1. The summed E-state index contributed by atoms with van der Waals surface area (Å²) in [4.78, 5) is 19.5. The molecule has 2 N–H and O–H groups in total. The predicted molar refractivity (Wildman–Crippen MR) is 121 cm³/mol. The monoisotopic (exact) mass is 518 g/mol. The van der Waals surface area contributed by atoms with Gasteiger partial charge in [-0.3, -0.25) is 4.79 Å². The predicted octanol–water partition coefficient (Wildman–Crippen LogP) is 3.52. The lowest BCUT2D eigenvalue weighted by molar-refractivity contribution is 0.101. The number of hydrogen-bond acceptors (Lipinski definition) is 6. The number of nitrogens with zero attached hydrogens (tertiary/aromatic N) is 2. The second-order valence-electron chi connectivity index (χ2n) is 7.30. The van der Waals surface area contributed by atoms with Crippen LogP contribution in [-0.2, 0) is 20.0 Å². The molecule has 0 atom stereocenters. The normalized spacial score (nSPS) is 12.1. The van der Waals surface area contributed by atoms with Crippen molar-refractivity contribution >= 4 is 48.4 Å². The van der Waals surface area contributed by atoms with Crippen molar-refractivity contribution in [2.75, 3.05) is 20.5 Å². The van der Waals surface area contributed by atoms with Crippen LogP contribution < -0.4 is 9.03 Å². The Morgan fingerprint density at radius 1 is 1.03 bits per heavy atom. The van der Waals surface area contributed by atoms with Crippen LogP contribution in [-0.4, -0.2) is 44.2 Å². The lowest BCUT2D eigenvalue weighted by Gasteiger charge is -2.25. The van der Waals surface area contributed by atoms with E-state index in [0.29, 0.717) is 11.0 Å². The quantitative estimate of drug-likeness (QED) is 0.417. The fraction of sp³-hybridized carbons (Fsp3) is 0.300. The van der Waals surface area contributed by atoms with E-state index in [1.54, 1.807) is 12.3 Å². The van der Waals surface area contributed by atoms with E-state index in [1.807, 2.05) is 0 Å². The minimum absolute atomic E-state index is 0.00998. The maximum Gasteiger partial charge on any atom is 0.261 e. The van der Waals surface area contributed by atoms with Crippen LogP contribution in [0, 0.1) is 17.5 Å². The number of benzene rings is 1. The number of fused-ring (bicyclic) bond motifs is 1. The van der Waals surface area contributed by atoms with Crippen molar-refractivity contribution < 1.29 is 34.8 Å². The second-order valence-corrected chi connectivity index (χ2v) is 11.4. The summed E-state index contributed by atoms with van der Waals surface area (Å²) < 4.78 is 95.0. The lowest BCUT2D eigenvalue weighted by atomic mass is 10.1. The number of anilines is 2. The molecule has 0 radical (unpaired) electrons. The molecule has 0 unspecified atom stereocenters. The zero-order chi connectivity index (χ0) is 25.3. The number of carbonyl (C=O) groups is 1. The summed E-state index contributed by atoms with van der Waals surface area (Å²) in [5.41, 5.74) is -2.30. The van der Waals surface area contributed by atoms with Gasteiger partial charge in [0.15, 0.2) is 17.5 Å². The molecule has 2 aromatic heterocycles. The van der Waals surface area contributed by atoms with Crippen molar-refractivity contribution in [3.8, 4) is 0 Å². The maximum atomic E-state index is 15.4. The van der Waals surface area contributed by atoms with Crippen LogP contribution in [0.2, 0.25) is 0 Å². The van der Waals surface area contributed by atoms with Gasteiger partial charge in [0.25, 0.3) is 5.91 Å². The zero-order valence-corrected chi connectivity index (χ0v) is 19.7. The maximum absolute atomic E-state index is 15.4. The Morgan fingerprint density at radius 2 is 1.65 bits per heavy atom. The van der Waals surface area contributed by atoms with Gasteiger partial charge in [0.1, 0.15) is 16.9 Å². The first-order valence-corrected chi connectivity index (χ1v) is 13.3. The van der Waals surface area contributed by atoms with Crippen LogP contribution in [0.5, 0.6) is 0 Å². The number of sulfonamides is 2. The molecule has 0 bridgehead atoms. The first kappa shape index (κ1) is 25.5. The molecule has 3 rings (SSSR count). The van der Waals surface area contributed by atoms with E-state index in [0.717, 1.165) is 0 Å². The van der Waals surface area contributed by atoms with Crippen LogP contribution in [0.15, 0.2) is 30.6 Å². The summed E-state index contributed by atoms with van der Waals surface area (Å²) >= 11 is 0. The molecule has 1 aromatic carbocycles. The molecule has 0 fully saturated rings. The Balaban J connectivity index is 2.15. The van der Waals surface area contributed by atoms with Crippen LogP contribution in [0.25, 0.3) is 11.0 Å². The number of amides is 1. The Labute approximate surface area is 194 Å². The van der Waals surface area contributed by atoms with Crippen LogP contribution in [0.1, 0.15) is 37.0 Å². The van der Waals surface area contributed by atoms with Crippen LogP contribution in [0.4, 0.5) is 24.5 Å². The highest BCUT2D eigenvalue weighted by Crippen LogP contribution is 2.32. The minimum atomic E-state index is -4.71. The number of rotatable bonds is 9. The van der Waals surface area contributed by atoms with Crippen molar-refractivity contribution in [3.63, 3.8) is 0 Å². The average molecular weight is 519 g/mol. The van der Waals surface area contributed by atoms with Gasteiger partial charge < -0.3 is 10.3 Å². The Bertz CT molecular complexity index is 1420. The molecule has 0 saturated heterocycles. The molecule has 3 aromatic rings. The van der Waals surface area contributed by atoms with Gasteiger partial charge in [0.05, 0.1) is 23.4 Å². The van der Waals surface area contributed by atoms with Crippen molar-refractivity contribution in [2.24, 2.45) is 0 Å². The minimum Gasteiger partial charge on any atom is -0.346 e. The number of H-pyrrole nitrogens is 1. The SMILES string of the molecule is CCCS(=O)(=O)N(c1cc(F)c(F)c(C(=O)Nc2cnc3[nH]ccc3c2)c1F)S(=O)(=O)CCC. The fourth-order valence-electron chi connectivity index (χ4n) is 3.28. The molecule has 184 valence electrons. The third-order valence-corrected chi connectivity index (χ3v) is 9.26. The number of aromatic nitrogens is 2. The van der Waals surface area contributed by atoms with Gasteiger partial charge in [0.2, 0.25) is 20.0 Å². The third kappa shape index (κ3) is 4.87. The molecule has 2 heterocycles. The van der Waals surface area contributed by atoms with E-state index in [9.17, 15) is 30.4 Å². The highest BCUT2D eigenvalue weighted by molar-refractivity contribution is 8.10. The Kier molecular flexibility index (Phi) is 7.21. The summed E-state index contributed by atoms with van der Waals surface area (Å²) in [5, 5.41) is 2.72. The molecule has 0 aliphatic carbocycles. The van der Waals surface area contributed by atoms with E-state index in [4.69, 9.17) is 0 Å². The molecule has 0 spiro atoms. The van der Waals surface area contributed by atoms with E-state index in [-0.39, 0.29) is 28.3 Å². The number of pyridine rings is 1. The second kappa shape index (κ2) is 9.62. The lowest BCUT2D eigenvalue weighted by Crippen LogP contribution is -2.41. The van der Waals surface area contributed by atoms with E-state index in [1.165, 1.54) is 26.1 Å². The van der Waals surface area contributed by atoms with Gasteiger partial charge >= 0.3 is 0 Å². The van der Waals surface area contributed by atoms with E-state index < -0.39 is 66.2 Å². The average Bonchev–Trinajstić information content (AvgIpc) is 3.19. The summed E-state index contributed by atoms with van der Waals surface area (Å²) in [5.74, 6) is -8.44. The number of carbonyl (C=O) groups excluding carboxylic acids is 1. The van der Waals surface area contributed by atoms with Gasteiger partial charge in [-0.05, 0) is 25.0 Å². The first-order chi connectivity index (χ1) is 15.9. The van der Waals surface area contributed by atoms with Gasteiger partial charge in [-0.15, -0.1) is 0 Å². The number of aromatic amines is 1. The summed E-state index contributed by atoms with van der Waals surface area (Å²) in [6.07, 6.45) is 2.68. The number of hydrogen-bond donors (Lipinski definition) is 2. The molecule has 9 nitrogen and oxygen atoms in total. The van der Waals surface area contributed by atoms with Gasteiger partial charge in [-0.25, -0.2) is 35.0 Å². The van der Waals surface area contributed by atoms with Crippen LogP contribution >= 0.6 is 0 Å². The smallest absolute Gasteiger partial charge is 0.261 e. The largest absolute Gasteiger partial charge is 0.346 e. The van der Waals surface area contributed by atoms with Crippen molar-refractivity contribution in [1.82, 2.24) is 9.97 Å². The third-order valence-electron chi connectivity index (χ3n) is 4.65. The summed E-state index contributed by atoms with van der Waals surface area (Å²) in [7, 11) is -9.41. The van der Waals surface area contributed by atoms with Crippen molar-refractivity contribution in [1.29, 1.82) is 0 Å². The molecular formula is C20H21F3N4O5S2. The summed E-state index contributed by atoms with van der Waals surface area (Å²) in [6, 6.07) is 3.15. The fourth-order valence-corrected chi connectivity index (χ4v) is 7.34. The van der Waals surface area contributed by atoms with Crippen molar-refractivity contribution in [2.45, 2.75) is 26.7 Å². The summed E-state index contributed by atoms with van der Waals surface area (Å²) in [6.45, 7) is 2.88. The Hall–Kier alpha value is -3.13. The molecule has 14 heteroatoms. The topological polar surface area (TPSA) is 129 Å². The van der Waals surface area contributed by atoms with Crippen molar-refractivity contribution in [3.05, 3.63) is 53.6 Å². The van der Waals surface area contributed by atoms with E-state index in [2.05, 4.69) is 15.3 Å². The molecular weight excluding hydrogens is 497 g/mol. The molecule has 34 heavy (non-hydrogen) atoms. The molecule has 1 amide bonds. The van der Waals surface area contributed by atoms with Gasteiger partial charge in [0, 0.05) is 17.6 Å². The standard InChI is InChI=1S/C20H21F3N4O5S2/c1-3-7-33(29,30)27(34(31,32)8-4-2)15-10-14(21)17(22)16(18(15)23)20(28)26-13-9-12-5-6-24-19(12)25-11-13/h5-6,9-11H,3-4,7-8H2,1-2H3,(H,24,25)(H,26,28). The van der Waals surface area contributed by atoms with E-state index >= 15 is 4.39 Å². The number of halogens is 3. The van der Waals surface area contributed by atoms with Gasteiger partial charge in [-0.2, -0.15) is 3.71 Å².